The van der Waals surface area contributed by atoms with E-state index in [4.69, 9.17) is 4.74 Å². The molecular weight excluding hydrogens is 347 g/mol. The molecule has 142 valence electrons. The lowest BCUT2D eigenvalue weighted by atomic mass is 10.1. The Morgan fingerprint density at radius 2 is 1.96 bits per heavy atom. The van der Waals surface area contributed by atoms with E-state index in [1.165, 1.54) is 12.1 Å². The molecule has 0 radical (unpaired) electrons. The van der Waals surface area contributed by atoms with Crippen molar-refractivity contribution in [3.63, 3.8) is 0 Å². The van der Waals surface area contributed by atoms with Gasteiger partial charge in [-0.3, -0.25) is 9.59 Å². The quantitative estimate of drug-likeness (QED) is 0.871. The number of nitrogens with one attached hydrogen (secondary N) is 1. The highest BCUT2D eigenvalue weighted by Crippen LogP contribution is 2.22. The van der Waals surface area contributed by atoms with Crippen molar-refractivity contribution in [2.24, 2.45) is 0 Å². The average molecular weight is 370 g/mol. The van der Waals surface area contributed by atoms with E-state index < -0.39 is 6.10 Å². The summed E-state index contributed by atoms with van der Waals surface area (Å²) < 4.78 is 18.5. The lowest BCUT2D eigenvalue weighted by Crippen LogP contribution is -2.30. The summed E-state index contributed by atoms with van der Waals surface area (Å²) in [7, 11) is 1.70. The van der Waals surface area contributed by atoms with Crippen LogP contribution < -0.4 is 5.32 Å². The maximum absolute atomic E-state index is 13.1. The Morgan fingerprint density at radius 1 is 1.22 bits per heavy atom. The first kappa shape index (κ1) is 19.0. The van der Waals surface area contributed by atoms with Gasteiger partial charge < -0.3 is 15.0 Å². The van der Waals surface area contributed by atoms with Gasteiger partial charge in [0, 0.05) is 24.9 Å². The van der Waals surface area contributed by atoms with Crippen molar-refractivity contribution in [3.05, 3.63) is 65.5 Å². The van der Waals surface area contributed by atoms with Gasteiger partial charge in [0.1, 0.15) is 11.9 Å². The van der Waals surface area contributed by atoms with Crippen molar-refractivity contribution in [2.45, 2.75) is 31.9 Å². The van der Waals surface area contributed by atoms with Crippen LogP contribution in [-0.2, 0) is 9.53 Å². The first-order valence-corrected chi connectivity index (χ1v) is 9.01. The second kappa shape index (κ2) is 8.31. The predicted molar refractivity (Wildman–Crippen MR) is 101 cm³/mol. The van der Waals surface area contributed by atoms with Gasteiger partial charge in [-0.05, 0) is 55.7 Å². The number of halogens is 1. The number of carbonyl (C=O) groups excluding carboxylic acids is 2. The number of nitrogens with zero attached hydrogens (tertiary/aromatic N) is 1. The molecule has 2 atom stereocenters. The van der Waals surface area contributed by atoms with E-state index in [0.29, 0.717) is 24.3 Å². The number of ether oxygens (including phenoxy) is 1. The van der Waals surface area contributed by atoms with Crippen LogP contribution >= 0.6 is 0 Å². The fourth-order valence-corrected chi connectivity index (χ4v) is 3.08. The smallest absolute Gasteiger partial charge is 0.254 e. The molecule has 1 heterocycles. The maximum atomic E-state index is 13.1. The number of amides is 2. The minimum Gasteiger partial charge on any atom is -0.368 e. The molecule has 0 aliphatic carbocycles. The monoisotopic (exact) mass is 370 g/mol. The number of benzene rings is 2. The summed E-state index contributed by atoms with van der Waals surface area (Å²) in [5.74, 6) is -0.681. The van der Waals surface area contributed by atoms with E-state index in [9.17, 15) is 14.0 Å². The van der Waals surface area contributed by atoms with E-state index in [-0.39, 0.29) is 23.7 Å². The van der Waals surface area contributed by atoms with Gasteiger partial charge in [0.15, 0.2) is 0 Å². The lowest BCUT2D eigenvalue weighted by Gasteiger charge is -2.25. The summed E-state index contributed by atoms with van der Waals surface area (Å²) in [5.41, 5.74) is 1.87. The zero-order valence-corrected chi connectivity index (χ0v) is 15.4. The first-order chi connectivity index (χ1) is 13.0. The Morgan fingerprint density at radius 3 is 2.63 bits per heavy atom. The van der Waals surface area contributed by atoms with Crippen LogP contribution in [0.2, 0.25) is 0 Å². The fraction of sp³-hybridized carbons (Fsp3) is 0.333. The van der Waals surface area contributed by atoms with Gasteiger partial charge in [-0.2, -0.15) is 0 Å². The Kier molecular flexibility index (Phi) is 5.86. The van der Waals surface area contributed by atoms with Crippen LogP contribution in [0, 0.1) is 5.82 Å². The van der Waals surface area contributed by atoms with Crippen molar-refractivity contribution >= 4 is 17.5 Å². The van der Waals surface area contributed by atoms with Gasteiger partial charge in [-0.15, -0.1) is 0 Å². The zero-order valence-electron chi connectivity index (χ0n) is 15.4. The zero-order chi connectivity index (χ0) is 19.4. The number of hydrogen-bond donors (Lipinski definition) is 1. The molecule has 0 unspecified atom stereocenters. The number of hydrogen-bond acceptors (Lipinski definition) is 3. The van der Waals surface area contributed by atoms with Crippen molar-refractivity contribution in [1.82, 2.24) is 4.90 Å². The molecule has 0 aromatic heterocycles. The van der Waals surface area contributed by atoms with E-state index in [2.05, 4.69) is 5.32 Å². The average Bonchev–Trinajstić information content (AvgIpc) is 3.22. The van der Waals surface area contributed by atoms with Gasteiger partial charge >= 0.3 is 0 Å². The minimum absolute atomic E-state index is 0.181. The summed E-state index contributed by atoms with van der Waals surface area (Å²) in [6.45, 7) is 2.48. The molecule has 1 aliphatic heterocycles. The molecule has 2 aromatic rings. The molecule has 6 heteroatoms. The summed E-state index contributed by atoms with van der Waals surface area (Å²) in [5, 5.41) is 2.81. The molecule has 1 N–H and O–H groups in total. The van der Waals surface area contributed by atoms with Crippen molar-refractivity contribution in [3.8, 4) is 0 Å². The second-order valence-corrected chi connectivity index (χ2v) is 6.72. The van der Waals surface area contributed by atoms with Crippen LogP contribution in [-0.4, -0.2) is 36.5 Å². The molecule has 3 rings (SSSR count). The van der Waals surface area contributed by atoms with Crippen molar-refractivity contribution in [2.75, 3.05) is 19.0 Å². The second-order valence-electron chi connectivity index (χ2n) is 6.72. The molecule has 1 saturated heterocycles. The lowest BCUT2D eigenvalue weighted by molar-refractivity contribution is -0.124. The SMILES string of the molecule is C[C@@H](c1ccc(F)cc1)N(C)C(=O)c1cccc(NC(=O)[C@@H]2CCCO2)c1. The highest BCUT2D eigenvalue weighted by atomic mass is 19.1. The number of rotatable bonds is 5. The largest absolute Gasteiger partial charge is 0.368 e. The van der Waals surface area contributed by atoms with E-state index in [0.717, 1.165) is 12.0 Å². The van der Waals surface area contributed by atoms with Gasteiger partial charge in [0.25, 0.3) is 11.8 Å². The molecule has 2 aromatic carbocycles. The van der Waals surface area contributed by atoms with Gasteiger partial charge in [-0.25, -0.2) is 4.39 Å². The summed E-state index contributed by atoms with van der Waals surface area (Å²) >= 11 is 0. The molecular formula is C21H23FN2O3. The molecule has 5 nitrogen and oxygen atoms in total. The van der Waals surface area contributed by atoms with Crippen LogP contribution in [0.5, 0.6) is 0 Å². The Bertz CT molecular complexity index is 816. The van der Waals surface area contributed by atoms with Gasteiger partial charge in [-0.1, -0.05) is 18.2 Å². The maximum Gasteiger partial charge on any atom is 0.254 e. The summed E-state index contributed by atoms with van der Waals surface area (Å²) in [6, 6.07) is 12.7. The van der Waals surface area contributed by atoms with Crippen LogP contribution in [0.3, 0.4) is 0 Å². The molecule has 0 spiro atoms. The third-order valence-electron chi connectivity index (χ3n) is 4.85. The highest BCUT2D eigenvalue weighted by molar-refractivity contribution is 5.98. The molecule has 0 bridgehead atoms. The standard InChI is InChI=1S/C21H23FN2O3/c1-14(15-8-10-17(22)11-9-15)24(2)21(26)16-5-3-6-18(13-16)23-20(25)19-7-4-12-27-19/h3,5-6,8-11,13-14,19H,4,7,12H2,1-2H3,(H,23,25)/t14-,19-/m0/s1. The molecule has 2 amide bonds. The van der Waals surface area contributed by atoms with Crippen molar-refractivity contribution < 1.29 is 18.7 Å². The van der Waals surface area contributed by atoms with E-state index in [1.807, 2.05) is 6.92 Å². The van der Waals surface area contributed by atoms with E-state index in [1.54, 1.807) is 48.3 Å². The van der Waals surface area contributed by atoms with Gasteiger partial charge in [0.05, 0.1) is 6.04 Å². The van der Waals surface area contributed by atoms with Gasteiger partial charge in [0.2, 0.25) is 0 Å². The van der Waals surface area contributed by atoms with Crippen molar-refractivity contribution in [1.29, 1.82) is 0 Å². The predicted octanol–water partition coefficient (Wildman–Crippen LogP) is 3.78. The van der Waals surface area contributed by atoms with Crippen LogP contribution in [0.4, 0.5) is 10.1 Å². The molecule has 1 aliphatic rings. The van der Waals surface area contributed by atoms with Crippen LogP contribution in [0.25, 0.3) is 0 Å². The highest BCUT2D eigenvalue weighted by Gasteiger charge is 2.24. The normalized spacial score (nSPS) is 17.4. The minimum atomic E-state index is -0.425. The Labute approximate surface area is 158 Å². The number of anilines is 1. The fourth-order valence-electron chi connectivity index (χ4n) is 3.08. The summed E-state index contributed by atoms with van der Waals surface area (Å²) in [6.07, 6.45) is 1.16. The Balaban J connectivity index is 1.70. The molecule has 1 fully saturated rings. The summed E-state index contributed by atoms with van der Waals surface area (Å²) in [4.78, 5) is 26.6. The molecule has 0 saturated carbocycles. The van der Waals surface area contributed by atoms with Crippen LogP contribution in [0.15, 0.2) is 48.5 Å². The topological polar surface area (TPSA) is 58.6 Å². The van der Waals surface area contributed by atoms with Crippen LogP contribution in [0.1, 0.15) is 41.7 Å². The third-order valence-corrected chi connectivity index (χ3v) is 4.85. The molecule has 27 heavy (non-hydrogen) atoms. The number of carbonyl (C=O) groups is 2. The third kappa shape index (κ3) is 4.52. The Hall–Kier alpha value is -2.73. The first-order valence-electron chi connectivity index (χ1n) is 9.01. The van der Waals surface area contributed by atoms with E-state index >= 15 is 0 Å².